The maximum absolute atomic E-state index is 5.69. The molecule has 2 aliphatic rings. The van der Waals surface area contributed by atoms with Gasteiger partial charge < -0.3 is 29.0 Å². The van der Waals surface area contributed by atoms with Crippen molar-refractivity contribution in [1.82, 2.24) is 5.32 Å². The van der Waals surface area contributed by atoms with Gasteiger partial charge in [0.1, 0.15) is 0 Å². The van der Waals surface area contributed by atoms with E-state index in [1.165, 1.54) is 22.3 Å². The van der Waals surface area contributed by atoms with E-state index >= 15 is 0 Å². The molecule has 6 nitrogen and oxygen atoms in total. The molecule has 1 atom stereocenters. The van der Waals surface area contributed by atoms with Gasteiger partial charge in [0.15, 0.2) is 23.0 Å². The van der Waals surface area contributed by atoms with Gasteiger partial charge in [-0.15, -0.1) is 0 Å². The molecule has 0 saturated heterocycles. The third-order valence-corrected chi connectivity index (χ3v) is 5.36. The van der Waals surface area contributed by atoms with Crippen LogP contribution in [0.2, 0.25) is 0 Å². The number of methoxy groups -OCH3 is 3. The van der Waals surface area contributed by atoms with Crippen LogP contribution in [0.25, 0.3) is 0 Å². The first-order valence-electron chi connectivity index (χ1n) is 9.10. The number of hydrogen-bond acceptors (Lipinski definition) is 6. The largest absolute Gasteiger partial charge is 0.493 e. The van der Waals surface area contributed by atoms with Gasteiger partial charge in [0.2, 0.25) is 12.5 Å². The molecule has 1 N–H and O–H groups in total. The lowest BCUT2D eigenvalue weighted by molar-refractivity contribution is 0.174. The summed E-state index contributed by atoms with van der Waals surface area (Å²) < 4.78 is 27.8. The number of benzene rings is 2. The minimum atomic E-state index is 0.154. The highest BCUT2D eigenvalue weighted by Crippen LogP contribution is 2.46. The standard InChI is InChI=1S/C21H25NO5/c1-12-7-17-18(27-11-26-17)9-13(12)8-16-15-10-19(23-2)21(25-4)20(24-3)14(15)5-6-22-16/h7,9-10,16,22H,5-6,8,11H2,1-4H3/t16-/m0/s1. The predicted octanol–water partition coefficient (Wildman–Crippen LogP) is 3.18. The highest BCUT2D eigenvalue weighted by Gasteiger charge is 2.28. The molecule has 2 aliphatic heterocycles. The average Bonchev–Trinajstić information content (AvgIpc) is 3.13. The fourth-order valence-corrected chi connectivity index (χ4v) is 3.99. The van der Waals surface area contributed by atoms with Crippen molar-refractivity contribution >= 4 is 0 Å². The molecule has 4 rings (SSSR count). The van der Waals surface area contributed by atoms with Crippen LogP contribution in [-0.2, 0) is 12.8 Å². The predicted molar refractivity (Wildman–Crippen MR) is 102 cm³/mol. The summed E-state index contributed by atoms with van der Waals surface area (Å²) in [6.07, 6.45) is 1.73. The average molecular weight is 371 g/mol. The Bertz CT molecular complexity index is 864. The quantitative estimate of drug-likeness (QED) is 0.871. The first kappa shape index (κ1) is 17.8. The molecule has 0 aliphatic carbocycles. The van der Waals surface area contributed by atoms with E-state index in [2.05, 4.69) is 30.4 Å². The summed E-state index contributed by atoms with van der Waals surface area (Å²) in [7, 11) is 4.97. The zero-order chi connectivity index (χ0) is 19.0. The van der Waals surface area contributed by atoms with Gasteiger partial charge in [-0.25, -0.2) is 0 Å². The van der Waals surface area contributed by atoms with Crippen LogP contribution in [0.3, 0.4) is 0 Å². The minimum absolute atomic E-state index is 0.154. The molecule has 0 spiro atoms. The summed E-state index contributed by atoms with van der Waals surface area (Å²) in [6.45, 7) is 3.28. The Morgan fingerprint density at radius 3 is 2.44 bits per heavy atom. The lowest BCUT2D eigenvalue weighted by Crippen LogP contribution is -2.32. The number of ether oxygens (including phenoxy) is 5. The maximum atomic E-state index is 5.69. The molecule has 2 heterocycles. The Labute approximate surface area is 159 Å². The lowest BCUT2D eigenvalue weighted by atomic mass is 9.88. The van der Waals surface area contributed by atoms with Gasteiger partial charge >= 0.3 is 0 Å². The molecule has 2 aromatic rings. The van der Waals surface area contributed by atoms with E-state index in [4.69, 9.17) is 23.7 Å². The molecular weight excluding hydrogens is 346 g/mol. The van der Waals surface area contributed by atoms with Crippen LogP contribution in [0.5, 0.6) is 28.7 Å². The van der Waals surface area contributed by atoms with Gasteiger partial charge in [-0.2, -0.15) is 0 Å². The molecule has 27 heavy (non-hydrogen) atoms. The van der Waals surface area contributed by atoms with Gasteiger partial charge in [0.25, 0.3) is 0 Å². The van der Waals surface area contributed by atoms with Crippen LogP contribution in [0.4, 0.5) is 0 Å². The summed E-state index contributed by atoms with van der Waals surface area (Å²) in [4.78, 5) is 0. The van der Waals surface area contributed by atoms with E-state index in [9.17, 15) is 0 Å². The second-order valence-corrected chi connectivity index (χ2v) is 6.81. The Morgan fingerprint density at radius 2 is 1.74 bits per heavy atom. The topological polar surface area (TPSA) is 58.2 Å². The second-order valence-electron chi connectivity index (χ2n) is 6.81. The highest BCUT2D eigenvalue weighted by molar-refractivity contribution is 5.61. The second kappa shape index (κ2) is 7.19. The molecule has 0 aromatic heterocycles. The van der Waals surface area contributed by atoms with E-state index < -0.39 is 0 Å². The van der Waals surface area contributed by atoms with Crippen LogP contribution in [0.1, 0.15) is 28.3 Å². The van der Waals surface area contributed by atoms with Crippen LogP contribution in [0.15, 0.2) is 18.2 Å². The fourth-order valence-electron chi connectivity index (χ4n) is 3.99. The zero-order valence-corrected chi connectivity index (χ0v) is 16.2. The van der Waals surface area contributed by atoms with Crippen LogP contribution < -0.4 is 29.0 Å². The Kier molecular flexibility index (Phi) is 4.74. The number of rotatable bonds is 5. The molecule has 2 aromatic carbocycles. The number of hydrogen-bond donors (Lipinski definition) is 1. The Morgan fingerprint density at radius 1 is 1.00 bits per heavy atom. The number of fused-ring (bicyclic) bond motifs is 2. The van der Waals surface area contributed by atoms with Crippen molar-refractivity contribution in [2.45, 2.75) is 25.8 Å². The van der Waals surface area contributed by atoms with Crippen molar-refractivity contribution in [2.24, 2.45) is 0 Å². The molecule has 6 heteroatoms. The Hall–Kier alpha value is -2.60. The summed E-state index contributed by atoms with van der Waals surface area (Å²) in [5, 5.41) is 3.63. The molecule has 0 fully saturated rings. The highest BCUT2D eigenvalue weighted by atomic mass is 16.7. The molecule has 0 bridgehead atoms. The van der Waals surface area contributed by atoms with Crippen LogP contribution >= 0.6 is 0 Å². The molecule has 0 radical (unpaired) electrons. The van der Waals surface area contributed by atoms with E-state index in [-0.39, 0.29) is 12.8 Å². The summed E-state index contributed by atoms with van der Waals surface area (Å²) in [5.74, 6) is 3.74. The lowest BCUT2D eigenvalue weighted by Gasteiger charge is -2.30. The van der Waals surface area contributed by atoms with Crippen LogP contribution in [0, 0.1) is 6.92 Å². The monoisotopic (exact) mass is 371 g/mol. The first-order valence-corrected chi connectivity index (χ1v) is 9.10. The van der Waals surface area contributed by atoms with Gasteiger partial charge in [-0.1, -0.05) is 0 Å². The fraction of sp³-hybridized carbons (Fsp3) is 0.429. The van der Waals surface area contributed by atoms with Crippen molar-refractivity contribution in [2.75, 3.05) is 34.7 Å². The van der Waals surface area contributed by atoms with Gasteiger partial charge in [0.05, 0.1) is 21.3 Å². The third-order valence-electron chi connectivity index (χ3n) is 5.36. The maximum Gasteiger partial charge on any atom is 0.231 e. The van der Waals surface area contributed by atoms with Crippen LogP contribution in [-0.4, -0.2) is 34.7 Å². The zero-order valence-electron chi connectivity index (χ0n) is 16.2. The van der Waals surface area contributed by atoms with Crippen molar-refractivity contribution in [3.8, 4) is 28.7 Å². The normalized spacial score (nSPS) is 17.4. The van der Waals surface area contributed by atoms with Crippen molar-refractivity contribution in [1.29, 1.82) is 0 Å². The number of aryl methyl sites for hydroxylation is 1. The summed E-state index contributed by atoms with van der Waals surface area (Å²) >= 11 is 0. The molecule has 0 amide bonds. The Balaban J connectivity index is 1.73. The van der Waals surface area contributed by atoms with Gasteiger partial charge in [0, 0.05) is 11.6 Å². The van der Waals surface area contributed by atoms with Crippen molar-refractivity contribution in [3.05, 3.63) is 40.5 Å². The summed E-state index contributed by atoms with van der Waals surface area (Å²) in [5.41, 5.74) is 4.80. The molecule has 144 valence electrons. The molecule has 0 unspecified atom stereocenters. The smallest absolute Gasteiger partial charge is 0.231 e. The van der Waals surface area contributed by atoms with E-state index in [0.29, 0.717) is 11.5 Å². The first-order chi connectivity index (χ1) is 13.2. The van der Waals surface area contributed by atoms with E-state index in [1.807, 2.05) is 0 Å². The van der Waals surface area contributed by atoms with Gasteiger partial charge in [-0.3, -0.25) is 0 Å². The minimum Gasteiger partial charge on any atom is -0.493 e. The van der Waals surface area contributed by atoms with E-state index in [1.54, 1.807) is 21.3 Å². The summed E-state index contributed by atoms with van der Waals surface area (Å²) in [6, 6.07) is 6.36. The molecule has 0 saturated carbocycles. The molecular formula is C21H25NO5. The SMILES string of the molecule is COc1cc2c(c(OC)c1OC)CCN[C@H]2Cc1cc2c(cc1C)OCO2. The van der Waals surface area contributed by atoms with Crippen molar-refractivity contribution < 1.29 is 23.7 Å². The van der Waals surface area contributed by atoms with Crippen molar-refractivity contribution in [3.63, 3.8) is 0 Å². The third kappa shape index (κ3) is 3.04. The number of nitrogens with one attached hydrogen (secondary N) is 1. The van der Waals surface area contributed by atoms with E-state index in [0.717, 1.165) is 36.6 Å². The van der Waals surface area contributed by atoms with Gasteiger partial charge in [-0.05, 0) is 61.2 Å².